The van der Waals surface area contributed by atoms with E-state index in [1.807, 2.05) is 0 Å². The Kier molecular flexibility index (Phi) is 2.99. The van der Waals surface area contributed by atoms with E-state index in [2.05, 4.69) is 9.97 Å². The third kappa shape index (κ3) is 2.09. The fourth-order valence-corrected chi connectivity index (χ4v) is 2.09. The molecule has 1 aliphatic rings. The van der Waals surface area contributed by atoms with Crippen molar-refractivity contribution in [2.24, 2.45) is 5.41 Å². The Hall–Kier alpha value is -1.66. The molecule has 1 aromatic heterocycles. The molecule has 1 unspecified atom stereocenters. The molecule has 0 aliphatic heterocycles. The highest BCUT2D eigenvalue weighted by molar-refractivity contribution is 5.25. The molecule has 6 nitrogen and oxygen atoms in total. The average molecular weight is 238 g/mol. The van der Waals surface area contributed by atoms with Crippen molar-refractivity contribution in [1.29, 1.82) is 0 Å². The van der Waals surface area contributed by atoms with Crippen molar-refractivity contribution in [3.05, 3.63) is 44.8 Å². The van der Waals surface area contributed by atoms with Crippen molar-refractivity contribution in [2.75, 3.05) is 13.2 Å². The van der Waals surface area contributed by atoms with Crippen LogP contribution in [0.25, 0.3) is 0 Å². The molecule has 1 atom stereocenters. The van der Waals surface area contributed by atoms with Crippen molar-refractivity contribution in [3.8, 4) is 0 Å². The van der Waals surface area contributed by atoms with E-state index in [4.69, 9.17) is 0 Å². The van der Waals surface area contributed by atoms with Gasteiger partial charge in [0.1, 0.15) is 0 Å². The van der Waals surface area contributed by atoms with Crippen LogP contribution in [0.2, 0.25) is 0 Å². The molecule has 0 spiro atoms. The zero-order chi connectivity index (χ0) is 12.5. The molecule has 17 heavy (non-hydrogen) atoms. The van der Waals surface area contributed by atoms with Gasteiger partial charge >= 0.3 is 5.69 Å². The lowest BCUT2D eigenvalue weighted by atomic mass is 9.85. The predicted molar refractivity (Wildman–Crippen MR) is 60.8 cm³/mol. The third-order valence-electron chi connectivity index (χ3n) is 3.19. The summed E-state index contributed by atoms with van der Waals surface area (Å²) < 4.78 is 0. The van der Waals surface area contributed by atoms with Crippen LogP contribution in [0, 0.1) is 5.41 Å². The van der Waals surface area contributed by atoms with Crippen molar-refractivity contribution < 1.29 is 10.2 Å². The van der Waals surface area contributed by atoms with Crippen LogP contribution >= 0.6 is 0 Å². The Balaban J connectivity index is 2.31. The maximum Gasteiger partial charge on any atom is 0.325 e. The molecule has 0 saturated carbocycles. The van der Waals surface area contributed by atoms with Crippen LogP contribution in [0.4, 0.5) is 0 Å². The van der Waals surface area contributed by atoms with Gasteiger partial charge in [0.05, 0.1) is 13.2 Å². The second-order valence-corrected chi connectivity index (χ2v) is 4.38. The zero-order valence-corrected chi connectivity index (χ0v) is 9.14. The minimum Gasteiger partial charge on any atom is -0.395 e. The van der Waals surface area contributed by atoms with Crippen molar-refractivity contribution in [3.63, 3.8) is 0 Å². The van der Waals surface area contributed by atoms with Crippen LogP contribution in [0.1, 0.15) is 17.9 Å². The lowest BCUT2D eigenvalue weighted by Crippen LogP contribution is -2.29. The number of aliphatic hydroxyl groups excluding tert-OH is 2. The molecule has 6 heteroatoms. The highest BCUT2D eigenvalue weighted by Gasteiger charge is 2.35. The zero-order valence-electron chi connectivity index (χ0n) is 9.14. The van der Waals surface area contributed by atoms with Gasteiger partial charge in [-0.3, -0.25) is 9.78 Å². The summed E-state index contributed by atoms with van der Waals surface area (Å²) in [5.74, 6) is -0.199. The third-order valence-corrected chi connectivity index (χ3v) is 3.19. The van der Waals surface area contributed by atoms with Crippen molar-refractivity contribution >= 4 is 0 Å². The highest BCUT2D eigenvalue weighted by Crippen LogP contribution is 2.38. The topological polar surface area (TPSA) is 106 Å². The first-order valence-electron chi connectivity index (χ1n) is 5.33. The summed E-state index contributed by atoms with van der Waals surface area (Å²) in [6.07, 6.45) is 5.33. The van der Waals surface area contributed by atoms with E-state index in [1.165, 1.54) is 6.20 Å². The molecule has 0 amide bonds. The van der Waals surface area contributed by atoms with Gasteiger partial charge in [0.2, 0.25) is 0 Å². The first kappa shape index (κ1) is 11.8. The molecule has 0 aromatic carbocycles. The summed E-state index contributed by atoms with van der Waals surface area (Å²) in [5, 5.41) is 18.5. The quantitative estimate of drug-likeness (QED) is 0.511. The number of hydrogen-bond acceptors (Lipinski definition) is 4. The summed E-state index contributed by atoms with van der Waals surface area (Å²) in [6, 6.07) is 0. The molecule has 0 fully saturated rings. The minimum atomic E-state index is -0.673. The number of nitrogens with one attached hydrogen (secondary N) is 2. The van der Waals surface area contributed by atoms with E-state index in [9.17, 15) is 19.8 Å². The number of rotatable bonds is 3. The van der Waals surface area contributed by atoms with Gasteiger partial charge in [-0.1, -0.05) is 12.2 Å². The second-order valence-electron chi connectivity index (χ2n) is 4.38. The largest absolute Gasteiger partial charge is 0.395 e. The highest BCUT2D eigenvalue weighted by atomic mass is 16.3. The van der Waals surface area contributed by atoms with E-state index in [0.29, 0.717) is 12.0 Å². The van der Waals surface area contributed by atoms with Gasteiger partial charge in [0.15, 0.2) is 0 Å². The Labute approximate surface area is 96.6 Å². The molecule has 0 radical (unpaired) electrons. The normalized spacial score (nSPS) is 21.9. The van der Waals surface area contributed by atoms with Crippen LogP contribution in [-0.4, -0.2) is 33.4 Å². The maximum atomic E-state index is 11.6. The Bertz CT molecular complexity index is 539. The van der Waals surface area contributed by atoms with Crippen LogP contribution in [0.5, 0.6) is 0 Å². The molecule has 4 N–H and O–H groups in total. The summed E-state index contributed by atoms with van der Waals surface area (Å²) in [5.41, 5.74) is -1.22. The number of allylic oxidation sites excluding steroid dienone is 1. The smallest absolute Gasteiger partial charge is 0.325 e. The maximum absolute atomic E-state index is 11.6. The summed E-state index contributed by atoms with van der Waals surface area (Å²) >= 11 is 0. The molecule has 2 rings (SSSR count). The standard InChI is InChI=1S/C11H14N2O4/c14-5-11(6-15)2-1-7(3-11)8-4-12-10(17)13-9(8)16/h1-2,4,7,14-15H,3,5-6H2,(H2,12,13,16,17). The summed E-state index contributed by atoms with van der Waals surface area (Å²) in [6.45, 7) is -0.338. The Morgan fingerprint density at radius 2 is 2.06 bits per heavy atom. The van der Waals surface area contributed by atoms with Crippen molar-refractivity contribution in [1.82, 2.24) is 9.97 Å². The number of aromatic amines is 2. The molecular formula is C11H14N2O4. The van der Waals surface area contributed by atoms with E-state index in [1.54, 1.807) is 12.2 Å². The van der Waals surface area contributed by atoms with Gasteiger partial charge in [-0.25, -0.2) is 4.79 Å². The monoisotopic (exact) mass is 238 g/mol. The van der Waals surface area contributed by atoms with Gasteiger partial charge in [-0.2, -0.15) is 0 Å². The van der Waals surface area contributed by atoms with E-state index in [-0.39, 0.29) is 19.1 Å². The van der Waals surface area contributed by atoms with E-state index < -0.39 is 16.7 Å². The summed E-state index contributed by atoms with van der Waals surface area (Å²) in [7, 11) is 0. The van der Waals surface area contributed by atoms with Gasteiger partial charge in [0, 0.05) is 23.1 Å². The fraction of sp³-hybridized carbons (Fsp3) is 0.455. The molecule has 1 aromatic rings. The van der Waals surface area contributed by atoms with Gasteiger partial charge in [-0.15, -0.1) is 0 Å². The van der Waals surface area contributed by atoms with Crippen LogP contribution < -0.4 is 11.2 Å². The van der Waals surface area contributed by atoms with Crippen LogP contribution in [0.15, 0.2) is 27.9 Å². The van der Waals surface area contributed by atoms with Gasteiger partial charge in [0.25, 0.3) is 5.56 Å². The van der Waals surface area contributed by atoms with E-state index in [0.717, 1.165) is 0 Å². The molecule has 92 valence electrons. The molecule has 0 saturated heterocycles. The van der Waals surface area contributed by atoms with E-state index >= 15 is 0 Å². The van der Waals surface area contributed by atoms with Crippen molar-refractivity contribution in [2.45, 2.75) is 12.3 Å². The molecule has 1 aliphatic carbocycles. The summed E-state index contributed by atoms with van der Waals surface area (Å²) in [4.78, 5) is 27.0. The average Bonchev–Trinajstić information content (AvgIpc) is 2.74. The molecular weight excluding hydrogens is 224 g/mol. The first-order valence-corrected chi connectivity index (χ1v) is 5.33. The van der Waals surface area contributed by atoms with Crippen LogP contribution in [0.3, 0.4) is 0 Å². The lowest BCUT2D eigenvalue weighted by molar-refractivity contribution is 0.0907. The lowest BCUT2D eigenvalue weighted by Gasteiger charge is -2.23. The SMILES string of the molecule is O=c1[nH]cc(C2C=CC(CO)(CO)C2)c(=O)[nH]1. The van der Waals surface area contributed by atoms with Crippen LogP contribution in [-0.2, 0) is 0 Å². The molecule has 0 bridgehead atoms. The number of aromatic nitrogens is 2. The Morgan fingerprint density at radius 1 is 1.35 bits per heavy atom. The first-order chi connectivity index (χ1) is 8.10. The number of aliphatic hydroxyl groups is 2. The predicted octanol–water partition coefficient (Wildman–Crippen LogP) is -0.922. The second kappa shape index (κ2) is 4.31. The number of hydrogen-bond donors (Lipinski definition) is 4. The fourth-order valence-electron chi connectivity index (χ4n) is 2.09. The van der Waals surface area contributed by atoms with Gasteiger partial charge < -0.3 is 15.2 Å². The number of H-pyrrole nitrogens is 2. The molecule has 1 heterocycles. The Morgan fingerprint density at radius 3 is 2.59 bits per heavy atom. The minimum absolute atomic E-state index is 0.169. The van der Waals surface area contributed by atoms with Gasteiger partial charge in [-0.05, 0) is 6.42 Å².